The molecule has 0 aromatic rings. The number of likely N-dealkylation sites (tertiary alicyclic amines) is 1. The maximum absolute atomic E-state index is 9.02. The molecule has 0 aliphatic carbocycles. The normalized spacial score (nSPS) is 30.6. The average Bonchev–Trinajstić information content (AvgIpc) is 2.09. The lowest BCUT2D eigenvalue weighted by Gasteiger charge is -2.37. The largest absolute Gasteiger partial charge is 0.381 e. The van der Waals surface area contributed by atoms with E-state index in [4.69, 9.17) is 5.11 Å². The molecule has 2 heteroatoms. The minimum Gasteiger partial charge on any atom is -0.381 e. The topological polar surface area (TPSA) is 23.5 Å². The highest BCUT2D eigenvalue weighted by Gasteiger charge is 2.23. The van der Waals surface area contributed by atoms with E-state index >= 15 is 0 Å². The van der Waals surface area contributed by atoms with Crippen molar-refractivity contribution in [1.82, 2.24) is 4.90 Å². The van der Waals surface area contributed by atoms with Crippen LogP contribution < -0.4 is 0 Å². The van der Waals surface area contributed by atoms with Crippen molar-refractivity contribution in [1.29, 1.82) is 0 Å². The summed E-state index contributed by atoms with van der Waals surface area (Å²) in [6.07, 6.45) is 3.40. The van der Waals surface area contributed by atoms with Crippen LogP contribution in [-0.4, -0.2) is 34.7 Å². The minimum atomic E-state index is -0.495. The van der Waals surface area contributed by atoms with Gasteiger partial charge < -0.3 is 5.11 Å². The van der Waals surface area contributed by atoms with E-state index in [2.05, 4.69) is 30.6 Å². The first-order chi connectivity index (χ1) is 6.61. The Morgan fingerprint density at radius 2 is 1.93 bits per heavy atom. The molecule has 1 heterocycles. The quantitative estimate of drug-likeness (QED) is 0.643. The lowest BCUT2D eigenvalue weighted by molar-refractivity contribution is 0.121. The van der Waals surface area contributed by atoms with E-state index in [1.54, 1.807) is 6.92 Å². The van der Waals surface area contributed by atoms with Gasteiger partial charge in [-0.1, -0.05) is 18.3 Å². The molecule has 0 aromatic carbocycles. The summed E-state index contributed by atoms with van der Waals surface area (Å²) in [5.74, 6) is 5.84. The van der Waals surface area contributed by atoms with Gasteiger partial charge in [0.2, 0.25) is 0 Å². The van der Waals surface area contributed by atoms with Gasteiger partial charge in [-0.2, -0.15) is 0 Å². The zero-order valence-corrected chi connectivity index (χ0v) is 9.45. The van der Waals surface area contributed by atoms with Gasteiger partial charge in [0.05, 0.1) is 6.54 Å². The number of hydrogen-bond donors (Lipinski definition) is 1. The van der Waals surface area contributed by atoms with Gasteiger partial charge in [0, 0.05) is 12.1 Å². The standard InChI is InChI=1S/C12H21NO/c1-10-6-4-7-11(2)13(10)9-5-8-12(3)14/h10-12,14H,4,6-7,9H2,1-3H3/t10-,11-,12+/m1/s1. The third-order valence-corrected chi connectivity index (χ3v) is 2.95. The highest BCUT2D eigenvalue weighted by atomic mass is 16.3. The molecule has 1 rings (SSSR count). The summed E-state index contributed by atoms with van der Waals surface area (Å²) in [4.78, 5) is 2.43. The Kier molecular flexibility index (Phi) is 4.44. The summed E-state index contributed by atoms with van der Waals surface area (Å²) in [7, 11) is 0. The predicted molar refractivity (Wildman–Crippen MR) is 58.9 cm³/mol. The Morgan fingerprint density at radius 1 is 1.36 bits per heavy atom. The van der Waals surface area contributed by atoms with Crippen molar-refractivity contribution in [3.05, 3.63) is 0 Å². The van der Waals surface area contributed by atoms with Crippen molar-refractivity contribution in [2.24, 2.45) is 0 Å². The van der Waals surface area contributed by atoms with Crippen molar-refractivity contribution in [3.63, 3.8) is 0 Å². The zero-order valence-electron chi connectivity index (χ0n) is 9.45. The summed E-state index contributed by atoms with van der Waals surface area (Å²) >= 11 is 0. The zero-order chi connectivity index (χ0) is 10.6. The second-order valence-corrected chi connectivity index (χ2v) is 4.30. The van der Waals surface area contributed by atoms with Gasteiger partial charge in [-0.3, -0.25) is 4.90 Å². The van der Waals surface area contributed by atoms with E-state index in [-0.39, 0.29) is 0 Å². The summed E-state index contributed by atoms with van der Waals surface area (Å²) < 4.78 is 0. The van der Waals surface area contributed by atoms with Gasteiger partial charge in [0.25, 0.3) is 0 Å². The number of rotatable bonds is 1. The monoisotopic (exact) mass is 195 g/mol. The lowest BCUT2D eigenvalue weighted by Crippen LogP contribution is -2.43. The van der Waals surface area contributed by atoms with Crippen LogP contribution >= 0.6 is 0 Å². The van der Waals surface area contributed by atoms with Crippen LogP contribution in [0.2, 0.25) is 0 Å². The SMILES string of the molecule is C[C@H](O)C#CCN1[C@H](C)CCC[C@H]1C. The summed E-state index contributed by atoms with van der Waals surface area (Å²) in [5.41, 5.74) is 0. The van der Waals surface area contributed by atoms with Crippen molar-refractivity contribution < 1.29 is 5.11 Å². The molecule has 1 N–H and O–H groups in total. The fourth-order valence-corrected chi connectivity index (χ4v) is 2.07. The van der Waals surface area contributed by atoms with Crippen LogP contribution in [0, 0.1) is 11.8 Å². The molecule has 1 aliphatic rings. The molecule has 1 aliphatic heterocycles. The molecule has 0 saturated carbocycles. The molecular formula is C12H21NO. The van der Waals surface area contributed by atoms with E-state index < -0.39 is 6.10 Å². The first-order valence-electron chi connectivity index (χ1n) is 5.53. The average molecular weight is 195 g/mol. The summed E-state index contributed by atoms with van der Waals surface area (Å²) in [6.45, 7) is 7.03. The van der Waals surface area contributed by atoms with Gasteiger partial charge in [-0.05, 0) is 33.6 Å². The van der Waals surface area contributed by atoms with Crippen molar-refractivity contribution >= 4 is 0 Å². The molecular weight excluding hydrogens is 174 g/mol. The number of piperidine rings is 1. The van der Waals surface area contributed by atoms with E-state index in [0.717, 1.165) is 6.54 Å². The predicted octanol–water partition coefficient (Wildman–Crippen LogP) is 1.63. The minimum absolute atomic E-state index is 0.495. The highest BCUT2D eigenvalue weighted by molar-refractivity contribution is 5.06. The van der Waals surface area contributed by atoms with Crippen molar-refractivity contribution in [2.45, 2.75) is 58.2 Å². The Morgan fingerprint density at radius 3 is 2.43 bits per heavy atom. The van der Waals surface area contributed by atoms with Gasteiger partial charge in [0.1, 0.15) is 6.10 Å². The molecule has 0 spiro atoms. The number of hydrogen-bond acceptors (Lipinski definition) is 2. The molecule has 0 unspecified atom stereocenters. The lowest BCUT2D eigenvalue weighted by atomic mass is 9.98. The first-order valence-corrected chi connectivity index (χ1v) is 5.53. The number of aliphatic hydroxyl groups is 1. The fraction of sp³-hybridized carbons (Fsp3) is 0.833. The second kappa shape index (κ2) is 5.38. The molecule has 1 fully saturated rings. The number of nitrogens with zero attached hydrogens (tertiary/aromatic N) is 1. The van der Waals surface area contributed by atoms with E-state index in [0.29, 0.717) is 12.1 Å². The second-order valence-electron chi connectivity index (χ2n) is 4.30. The number of aliphatic hydroxyl groups excluding tert-OH is 1. The van der Waals surface area contributed by atoms with Crippen LogP contribution in [0.4, 0.5) is 0 Å². The third kappa shape index (κ3) is 3.32. The first kappa shape index (κ1) is 11.6. The molecule has 0 radical (unpaired) electrons. The Labute approximate surface area is 87.3 Å². The third-order valence-electron chi connectivity index (χ3n) is 2.95. The smallest absolute Gasteiger partial charge is 0.112 e. The van der Waals surface area contributed by atoms with Crippen LogP contribution in [0.5, 0.6) is 0 Å². The van der Waals surface area contributed by atoms with E-state index in [9.17, 15) is 0 Å². The van der Waals surface area contributed by atoms with Crippen LogP contribution in [-0.2, 0) is 0 Å². The maximum atomic E-state index is 9.02. The molecule has 0 bridgehead atoms. The Balaban J connectivity index is 2.45. The molecule has 14 heavy (non-hydrogen) atoms. The van der Waals surface area contributed by atoms with Gasteiger partial charge in [-0.25, -0.2) is 0 Å². The summed E-state index contributed by atoms with van der Waals surface area (Å²) in [5, 5.41) is 9.02. The van der Waals surface area contributed by atoms with Gasteiger partial charge >= 0.3 is 0 Å². The van der Waals surface area contributed by atoms with Crippen LogP contribution in [0.15, 0.2) is 0 Å². The molecule has 1 saturated heterocycles. The molecule has 0 aromatic heterocycles. The van der Waals surface area contributed by atoms with Crippen molar-refractivity contribution in [2.75, 3.05) is 6.54 Å². The van der Waals surface area contributed by atoms with Crippen LogP contribution in [0.25, 0.3) is 0 Å². The van der Waals surface area contributed by atoms with Crippen LogP contribution in [0.3, 0.4) is 0 Å². The molecule has 2 nitrogen and oxygen atoms in total. The Bertz CT molecular complexity index is 216. The summed E-state index contributed by atoms with van der Waals surface area (Å²) in [6, 6.07) is 1.28. The van der Waals surface area contributed by atoms with E-state index in [1.807, 2.05) is 0 Å². The molecule has 0 amide bonds. The highest BCUT2D eigenvalue weighted by Crippen LogP contribution is 2.21. The maximum Gasteiger partial charge on any atom is 0.112 e. The Hall–Kier alpha value is -0.520. The van der Waals surface area contributed by atoms with E-state index in [1.165, 1.54) is 19.3 Å². The van der Waals surface area contributed by atoms with Gasteiger partial charge in [0.15, 0.2) is 0 Å². The van der Waals surface area contributed by atoms with Gasteiger partial charge in [-0.15, -0.1) is 0 Å². The fourth-order valence-electron chi connectivity index (χ4n) is 2.07. The molecule has 3 atom stereocenters. The van der Waals surface area contributed by atoms with Crippen molar-refractivity contribution in [3.8, 4) is 11.8 Å². The van der Waals surface area contributed by atoms with Crippen LogP contribution in [0.1, 0.15) is 40.0 Å². The molecule has 80 valence electrons.